The van der Waals surface area contributed by atoms with Crippen LogP contribution in [0.4, 0.5) is 5.82 Å². The van der Waals surface area contributed by atoms with Crippen molar-refractivity contribution in [2.45, 2.75) is 6.92 Å². The second kappa shape index (κ2) is 7.35. The third-order valence-electron chi connectivity index (χ3n) is 4.48. The largest absolute Gasteiger partial charge is 0.497 e. The van der Waals surface area contributed by atoms with Gasteiger partial charge in [-0.15, -0.1) is 0 Å². The molecule has 0 fully saturated rings. The van der Waals surface area contributed by atoms with Gasteiger partial charge in [0, 0.05) is 24.7 Å². The van der Waals surface area contributed by atoms with Crippen molar-refractivity contribution in [3.05, 3.63) is 52.1 Å². The summed E-state index contributed by atoms with van der Waals surface area (Å²) >= 11 is 0. The third-order valence-corrected chi connectivity index (χ3v) is 4.48. The number of aromatic nitrogens is 6. The minimum atomic E-state index is -0.405. The first-order valence-electron chi connectivity index (χ1n) is 8.93. The number of rotatable bonds is 5. The first-order valence-corrected chi connectivity index (χ1v) is 8.93. The summed E-state index contributed by atoms with van der Waals surface area (Å²) in [5.74, 6) is 1.05. The van der Waals surface area contributed by atoms with Gasteiger partial charge in [-0.3, -0.25) is 19.3 Å². The molecule has 1 aromatic carbocycles. The molecule has 0 aliphatic rings. The number of benzene rings is 1. The number of nitrogens with zero attached hydrogens (tertiary/aromatic N) is 5. The number of anilines is 1. The van der Waals surface area contributed by atoms with E-state index in [0.717, 1.165) is 0 Å². The number of hydrogen-bond donors (Lipinski definition) is 2. The van der Waals surface area contributed by atoms with Gasteiger partial charge in [0.2, 0.25) is 5.95 Å². The molecule has 0 atom stereocenters. The van der Waals surface area contributed by atoms with Crippen LogP contribution in [-0.2, 0) is 7.05 Å². The number of carbonyl (C=O) groups excluding carboxylic acids is 1. The van der Waals surface area contributed by atoms with E-state index in [9.17, 15) is 9.59 Å². The van der Waals surface area contributed by atoms with Crippen LogP contribution < -0.4 is 20.3 Å². The molecule has 0 bridgehead atoms. The minimum absolute atomic E-state index is 0.155. The molecule has 3 heterocycles. The Kier molecular flexibility index (Phi) is 4.70. The number of amides is 1. The van der Waals surface area contributed by atoms with Gasteiger partial charge in [0.1, 0.15) is 22.7 Å². The Morgan fingerprint density at radius 2 is 1.83 bits per heavy atom. The fraction of sp³-hybridized carbons (Fsp3) is 0.211. The predicted molar refractivity (Wildman–Crippen MR) is 108 cm³/mol. The van der Waals surface area contributed by atoms with Crippen LogP contribution in [0.2, 0.25) is 0 Å². The Bertz CT molecular complexity index is 1300. The SMILES string of the molecule is COc1cc(OC)cc(C(=O)Nc2cc(C)nn2-c2nc3c(cnn3C)c(=O)[nH]2)c1. The smallest absolute Gasteiger partial charge is 0.263 e. The van der Waals surface area contributed by atoms with E-state index < -0.39 is 5.91 Å². The zero-order chi connectivity index (χ0) is 21.4. The van der Waals surface area contributed by atoms with Gasteiger partial charge >= 0.3 is 0 Å². The Balaban J connectivity index is 1.74. The molecule has 0 spiro atoms. The van der Waals surface area contributed by atoms with Gasteiger partial charge in [-0.1, -0.05) is 0 Å². The number of methoxy groups -OCH3 is 2. The van der Waals surface area contributed by atoms with E-state index in [1.165, 1.54) is 29.8 Å². The molecule has 4 rings (SSSR count). The highest BCUT2D eigenvalue weighted by atomic mass is 16.5. The summed E-state index contributed by atoms with van der Waals surface area (Å²) in [5, 5.41) is 11.5. The molecule has 3 aromatic heterocycles. The molecule has 1 amide bonds. The number of carbonyl (C=O) groups is 1. The second-order valence-electron chi connectivity index (χ2n) is 6.53. The number of nitrogens with one attached hydrogen (secondary N) is 2. The highest BCUT2D eigenvalue weighted by Crippen LogP contribution is 2.24. The standard InChI is InChI=1S/C19H19N7O4/c1-10-5-15(21-17(27)11-6-12(29-3)8-13(7-11)30-4)26(24-10)19-22-16-14(18(28)23-19)9-20-25(16)2/h5-9H,1-4H3,(H,21,27)(H,22,23,28). The molecule has 11 nitrogen and oxygen atoms in total. The van der Waals surface area contributed by atoms with E-state index in [1.54, 1.807) is 38.2 Å². The molecule has 0 saturated heterocycles. The van der Waals surface area contributed by atoms with E-state index in [4.69, 9.17) is 9.47 Å². The lowest BCUT2D eigenvalue weighted by molar-refractivity contribution is 0.102. The Morgan fingerprint density at radius 1 is 1.13 bits per heavy atom. The zero-order valence-electron chi connectivity index (χ0n) is 16.8. The Morgan fingerprint density at radius 3 is 2.50 bits per heavy atom. The van der Waals surface area contributed by atoms with E-state index >= 15 is 0 Å². The summed E-state index contributed by atoms with van der Waals surface area (Å²) in [7, 11) is 4.70. The minimum Gasteiger partial charge on any atom is -0.497 e. The molecule has 0 unspecified atom stereocenters. The van der Waals surface area contributed by atoms with Gasteiger partial charge in [-0.2, -0.15) is 19.9 Å². The van der Waals surface area contributed by atoms with Crippen molar-refractivity contribution < 1.29 is 14.3 Å². The van der Waals surface area contributed by atoms with Crippen molar-refractivity contribution in [2.75, 3.05) is 19.5 Å². The van der Waals surface area contributed by atoms with Gasteiger partial charge in [0.15, 0.2) is 5.65 Å². The topological polar surface area (TPSA) is 129 Å². The molecule has 0 saturated carbocycles. The Labute approximate surface area is 170 Å². The quantitative estimate of drug-likeness (QED) is 0.510. The molecular formula is C19H19N7O4. The van der Waals surface area contributed by atoms with Gasteiger partial charge in [0.25, 0.3) is 11.5 Å². The summed E-state index contributed by atoms with van der Waals surface area (Å²) in [6.45, 7) is 1.77. The molecular weight excluding hydrogens is 390 g/mol. The number of aromatic amines is 1. The fourth-order valence-electron chi connectivity index (χ4n) is 3.00. The average molecular weight is 409 g/mol. The second-order valence-corrected chi connectivity index (χ2v) is 6.53. The first-order chi connectivity index (χ1) is 14.4. The van der Waals surface area contributed by atoms with Crippen LogP contribution in [0.15, 0.2) is 35.3 Å². The number of H-pyrrole nitrogens is 1. The molecule has 4 aromatic rings. The molecule has 0 radical (unpaired) electrons. The summed E-state index contributed by atoms with van der Waals surface area (Å²) in [6, 6.07) is 6.52. The van der Waals surface area contributed by atoms with Crippen LogP contribution in [0.5, 0.6) is 11.5 Å². The van der Waals surface area contributed by atoms with Gasteiger partial charge in [0.05, 0.1) is 26.1 Å². The van der Waals surface area contributed by atoms with Crippen molar-refractivity contribution in [2.24, 2.45) is 7.05 Å². The van der Waals surface area contributed by atoms with Crippen LogP contribution in [0.3, 0.4) is 0 Å². The van der Waals surface area contributed by atoms with Crippen molar-refractivity contribution in [3.8, 4) is 17.4 Å². The first kappa shape index (κ1) is 19.2. The van der Waals surface area contributed by atoms with Crippen LogP contribution in [-0.4, -0.2) is 49.7 Å². The van der Waals surface area contributed by atoms with Crippen LogP contribution in [0, 0.1) is 6.92 Å². The number of hydrogen-bond acceptors (Lipinski definition) is 7. The van der Waals surface area contributed by atoms with Crippen LogP contribution in [0.1, 0.15) is 16.1 Å². The maximum atomic E-state index is 12.9. The summed E-state index contributed by atoms with van der Waals surface area (Å²) < 4.78 is 13.3. The lowest BCUT2D eigenvalue weighted by Gasteiger charge is -2.10. The highest BCUT2D eigenvalue weighted by molar-refractivity contribution is 6.04. The van der Waals surface area contributed by atoms with Crippen molar-refractivity contribution in [3.63, 3.8) is 0 Å². The lowest BCUT2D eigenvalue weighted by atomic mass is 10.2. The predicted octanol–water partition coefficient (Wildman–Crippen LogP) is 1.42. The van der Waals surface area contributed by atoms with E-state index in [2.05, 4.69) is 25.5 Å². The Hall–Kier alpha value is -4.15. The van der Waals surface area contributed by atoms with Crippen molar-refractivity contribution >= 4 is 22.8 Å². The van der Waals surface area contributed by atoms with E-state index in [1.807, 2.05) is 0 Å². The summed E-state index contributed by atoms with van der Waals surface area (Å²) in [4.78, 5) is 32.4. The van der Waals surface area contributed by atoms with Crippen molar-refractivity contribution in [1.29, 1.82) is 0 Å². The number of aryl methyl sites for hydroxylation is 2. The van der Waals surface area contributed by atoms with Gasteiger partial charge < -0.3 is 14.8 Å². The van der Waals surface area contributed by atoms with E-state index in [0.29, 0.717) is 39.6 Å². The molecule has 0 aliphatic carbocycles. The van der Waals surface area contributed by atoms with E-state index in [-0.39, 0.29) is 11.5 Å². The van der Waals surface area contributed by atoms with Crippen LogP contribution >= 0.6 is 0 Å². The number of ether oxygens (including phenoxy) is 2. The number of fused-ring (bicyclic) bond motifs is 1. The maximum absolute atomic E-state index is 12.9. The summed E-state index contributed by atoms with van der Waals surface area (Å²) in [5.41, 5.74) is 1.00. The van der Waals surface area contributed by atoms with Gasteiger partial charge in [-0.25, -0.2) is 0 Å². The third kappa shape index (κ3) is 3.36. The monoisotopic (exact) mass is 409 g/mol. The van der Waals surface area contributed by atoms with Crippen molar-refractivity contribution in [1.82, 2.24) is 29.5 Å². The van der Waals surface area contributed by atoms with Gasteiger partial charge in [-0.05, 0) is 19.1 Å². The molecule has 2 N–H and O–H groups in total. The average Bonchev–Trinajstić information content (AvgIpc) is 3.30. The molecule has 0 aliphatic heterocycles. The summed E-state index contributed by atoms with van der Waals surface area (Å²) in [6.07, 6.45) is 1.44. The maximum Gasteiger partial charge on any atom is 0.263 e. The molecule has 154 valence electrons. The molecule has 11 heteroatoms. The fourth-order valence-corrected chi connectivity index (χ4v) is 3.00. The zero-order valence-corrected chi connectivity index (χ0v) is 16.8. The lowest BCUT2D eigenvalue weighted by Crippen LogP contribution is -2.19. The normalized spacial score (nSPS) is 10.9. The highest BCUT2D eigenvalue weighted by Gasteiger charge is 2.17. The van der Waals surface area contributed by atoms with Crippen LogP contribution in [0.25, 0.3) is 17.0 Å². The molecule has 30 heavy (non-hydrogen) atoms.